The minimum Gasteiger partial charge on any atom is -0.260 e. The van der Waals surface area contributed by atoms with E-state index in [2.05, 4.69) is 33.1 Å². The number of rotatable bonds is 5. The molecule has 0 saturated heterocycles. The molecule has 0 unspecified atom stereocenters. The molecule has 0 radical (unpaired) electrons. The quantitative estimate of drug-likeness (QED) is 0.346. The van der Waals surface area contributed by atoms with Crippen LogP contribution in [0.5, 0.6) is 0 Å². The smallest absolute Gasteiger partial charge is 0.0907 e. The predicted molar refractivity (Wildman–Crippen MR) is 124 cm³/mol. The number of halogens is 2. The molecule has 2 heterocycles. The van der Waals surface area contributed by atoms with E-state index in [1.165, 1.54) is 0 Å². The zero-order valence-corrected chi connectivity index (χ0v) is 17.4. The van der Waals surface area contributed by atoms with Crippen molar-refractivity contribution in [3.8, 4) is 33.6 Å². The lowest BCUT2D eigenvalue weighted by Crippen LogP contribution is -1.93. The largest absolute Gasteiger partial charge is 0.260 e. The molecule has 0 atom stereocenters. The number of hydrogen-bond acceptors (Lipinski definition) is 4. The Morgan fingerprint density at radius 2 is 1.00 bits per heavy atom. The maximum atomic E-state index is 6.80. The summed E-state index contributed by atoms with van der Waals surface area (Å²) >= 11 is 13.6. The van der Waals surface area contributed by atoms with Gasteiger partial charge in [0, 0.05) is 22.3 Å². The van der Waals surface area contributed by atoms with Gasteiger partial charge in [-0.25, -0.2) is 9.97 Å². The van der Waals surface area contributed by atoms with Gasteiger partial charge in [0.2, 0.25) is 0 Å². The second-order valence-corrected chi connectivity index (χ2v) is 7.16. The van der Waals surface area contributed by atoms with E-state index in [0.717, 1.165) is 22.3 Å². The Kier molecular flexibility index (Phi) is 5.70. The summed E-state index contributed by atoms with van der Waals surface area (Å²) in [6.45, 7) is 7.49. The van der Waals surface area contributed by atoms with Crippen LogP contribution in [0.15, 0.2) is 74.3 Å². The standard InChI is InChI=1S/C24H16Cl2N4/c1-3-15-11-27-13-21(29-15)19-9-5-7-17(23(19)25)18-8-6-10-20(24(18)26)22-14-28-12-16(4-2)30-22/h3-14H,1-2H2. The normalized spacial score (nSPS) is 10.6. The van der Waals surface area contributed by atoms with E-state index in [9.17, 15) is 0 Å². The average Bonchev–Trinajstić information content (AvgIpc) is 2.79. The summed E-state index contributed by atoms with van der Waals surface area (Å²) < 4.78 is 0. The fraction of sp³-hybridized carbons (Fsp3) is 0. The van der Waals surface area contributed by atoms with Crippen molar-refractivity contribution in [2.45, 2.75) is 0 Å². The first kappa shape index (κ1) is 20.0. The van der Waals surface area contributed by atoms with Gasteiger partial charge in [0.15, 0.2) is 0 Å². The Hall–Kier alpha value is -3.34. The van der Waals surface area contributed by atoms with Gasteiger partial charge >= 0.3 is 0 Å². The number of benzene rings is 2. The summed E-state index contributed by atoms with van der Waals surface area (Å²) in [5, 5.41) is 1.08. The maximum Gasteiger partial charge on any atom is 0.0907 e. The van der Waals surface area contributed by atoms with Crippen LogP contribution < -0.4 is 0 Å². The highest BCUT2D eigenvalue weighted by molar-refractivity contribution is 6.39. The lowest BCUT2D eigenvalue weighted by Gasteiger charge is -2.13. The van der Waals surface area contributed by atoms with Crippen LogP contribution in [-0.4, -0.2) is 19.9 Å². The molecule has 6 heteroatoms. The van der Waals surface area contributed by atoms with E-state index in [1.807, 2.05) is 36.4 Å². The van der Waals surface area contributed by atoms with Crippen molar-refractivity contribution in [2.24, 2.45) is 0 Å². The van der Waals surface area contributed by atoms with Gasteiger partial charge in [-0.2, -0.15) is 0 Å². The lowest BCUT2D eigenvalue weighted by molar-refractivity contribution is 1.18. The molecule has 0 bridgehead atoms. The Morgan fingerprint density at radius 1 is 0.600 bits per heavy atom. The number of hydrogen-bond donors (Lipinski definition) is 0. The van der Waals surface area contributed by atoms with Crippen molar-refractivity contribution >= 4 is 35.4 Å². The monoisotopic (exact) mass is 430 g/mol. The molecule has 0 N–H and O–H groups in total. The highest BCUT2D eigenvalue weighted by Crippen LogP contribution is 2.41. The van der Waals surface area contributed by atoms with Crippen molar-refractivity contribution < 1.29 is 0 Å². The minimum absolute atomic E-state index is 0.540. The Morgan fingerprint density at radius 3 is 1.40 bits per heavy atom. The molecule has 0 amide bonds. The van der Waals surface area contributed by atoms with E-state index in [4.69, 9.17) is 23.2 Å². The number of aromatic nitrogens is 4. The Balaban J connectivity index is 1.85. The molecule has 4 rings (SSSR count). The van der Waals surface area contributed by atoms with E-state index in [0.29, 0.717) is 32.8 Å². The summed E-state index contributed by atoms with van der Waals surface area (Å²) in [5.74, 6) is 0. The SMILES string of the molecule is C=Cc1cncc(-c2cccc(-c3cccc(-c4cncc(C=C)n4)c3Cl)c2Cl)n1. The first-order valence-corrected chi connectivity index (χ1v) is 9.85. The highest BCUT2D eigenvalue weighted by atomic mass is 35.5. The van der Waals surface area contributed by atoms with E-state index >= 15 is 0 Å². The molecule has 30 heavy (non-hydrogen) atoms. The average molecular weight is 431 g/mol. The van der Waals surface area contributed by atoms with E-state index < -0.39 is 0 Å². The summed E-state index contributed by atoms with van der Waals surface area (Å²) in [6.07, 6.45) is 9.93. The van der Waals surface area contributed by atoms with E-state index in [1.54, 1.807) is 36.9 Å². The van der Waals surface area contributed by atoms with Crippen molar-refractivity contribution in [3.63, 3.8) is 0 Å². The predicted octanol–water partition coefficient (Wildman–Crippen LogP) is 6.86. The molecule has 0 fully saturated rings. The fourth-order valence-corrected chi connectivity index (χ4v) is 3.74. The molecular formula is C24H16Cl2N4. The topological polar surface area (TPSA) is 51.6 Å². The second-order valence-electron chi connectivity index (χ2n) is 6.40. The van der Waals surface area contributed by atoms with Gasteiger partial charge < -0.3 is 0 Å². The molecule has 0 spiro atoms. The highest BCUT2D eigenvalue weighted by Gasteiger charge is 2.16. The molecule has 0 aliphatic rings. The molecule has 2 aromatic heterocycles. The Bertz CT molecular complexity index is 1170. The molecule has 4 nitrogen and oxygen atoms in total. The van der Waals surface area contributed by atoms with Crippen molar-refractivity contribution in [1.82, 2.24) is 19.9 Å². The van der Waals surface area contributed by atoms with Gasteiger partial charge in [-0.1, -0.05) is 72.8 Å². The third kappa shape index (κ3) is 3.75. The summed E-state index contributed by atoms with van der Waals surface area (Å²) in [6, 6.07) is 11.5. The van der Waals surface area contributed by atoms with Gasteiger partial charge in [-0.05, 0) is 12.2 Å². The van der Waals surface area contributed by atoms with Crippen LogP contribution >= 0.6 is 23.2 Å². The Labute approximate surface area is 184 Å². The second kappa shape index (κ2) is 8.57. The fourth-order valence-electron chi connectivity index (χ4n) is 3.09. The van der Waals surface area contributed by atoms with E-state index in [-0.39, 0.29) is 0 Å². The third-order valence-corrected chi connectivity index (χ3v) is 5.38. The summed E-state index contributed by atoms with van der Waals surface area (Å²) in [4.78, 5) is 17.5. The van der Waals surface area contributed by atoms with Crippen LogP contribution in [0.25, 0.3) is 45.8 Å². The lowest BCUT2D eigenvalue weighted by atomic mass is 9.98. The van der Waals surface area contributed by atoms with Gasteiger partial charge in [0.25, 0.3) is 0 Å². The van der Waals surface area contributed by atoms with Crippen molar-refractivity contribution in [3.05, 3.63) is 95.8 Å². The molecule has 0 saturated carbocycles. The number of nitrogens with zero attached hydrogens (tertiary/aromatic N) is 4. The van der Waals surface area contributed by atoms with Crippen LogP contribution in [0.3, 0.4) is 0 Å². The van der Waals surface area contributed by atoms with Crippen molar-refractivity contribution in [2.75, 3.05) is 0 Å². The van der Waals surface area contributed by atoms with Gasteiger partial charge in [-0.3, -0.25) is 9.97 Å². The molecule has 0 aliphatic carbocycles. The third-order valence-electron chi connectivity index (χ3n) is 4.56. The molecular weight excluding hydrogens is 415 g/mol. The van der Waals surface area contributed by atoms with Crippen LogP contribution in [0.2, 0.25) is 10.0 Å². The summed E-state index contributed by atoms with van der Waals surface area (Å²) in [5.41, 5.74) is 5.79. The first-order chi connectivity index (χ1) is 14.6. The zero-order valence-electron chi connectivity index (χ0n) is 15.9. The van der Waals surface area contributed by atoms with Gasteiger partial charge in [0.05, 0.1) is 57.6 Å². The van der Waals surface area contributed by atoms with Gasteiger partial charge in [-0.15, -0.1) is 0 Å². The molecule has 146 valence electrons. The maximum absolute atomic E-state index is 6.80. The molecule has 4 aromatic rings. The van der Waals surface area contributed by atoms with Crippen LogP contribution in [0.1, 0.15) is 11.4 Å². The van der Waals surface area contributed by atoms with Gasteiger partial charge in [0.1, 0.15) is 0 Å². The van der Waals surface area contributed by atoms with Crippen LogP contribution in [-0.2, 0) is 0 Å². The zero-order chi connectivity index (χ0) is 21.1. The minimum atomic E-state index is 0.540. The molecule has 2 aromatic carbocycles. The van der Waals surface area contributed by atoms with Crippen LogP contribution in [0.4, 0.5) is 0 Å². The van der Waals surface area contributed by atoms with Crippen LogP contribution in [0, 0.1) is 0 Å². The molecule has 0 aliphatic heterocycles. The summed E-state index contributed by atoms with van der Waals surface area (Å²) in [7, 11) is 0. The van der Waals surface area contributed by atoms with Crippen molar-refractivity contribution in [1.29, 1.82) is 0 Å². The first-order valence-electron chi connectivity index (χ1n) is 9.09.